The molecule has 0 aliphatic heterocycles. The maximum atomic E-state index is 13.2. The van der Waals surface area contributed by atoms with Gasteiger partial charge in [0.05, 0.1) is 15.7 Å². The third-order valence-corrected chi connectivity index (χ3v) is 5.42. The van der Waals surface area contributed by atoms with Crippen molar-refractivity contribution in [2.24, 2.45) is 0 Å². The fourth-order valence-electron chi connectivity index (χ4n) is 2.24. The van der Waals surface area contributed by atoms with E-state index in [9.17, 15) is 21.6 Å². The molecular weight excluding hydrogens is 430 g/mol. The molecule has 0 saturated heterocycles. The second kappa shape index (κ2) is 6.50. The lowest BCUT2D eigenvalue weighted by atomic mass is 10.2. The van der Waals surface area contributed by atoms with Crippen molar-refractivity contribution in [3.63, 3.8) is 0 Å². The molecule has 0 spiro atoms. The highest BCUT2D eigenvalue weighted by molar-refractivity contribution is 7.92. The molecule has 2 heterocycles. The number of anilines is 1. The van der Waals surface area contributed by atoms with Crippen LogP contribution >= 0.6 is 23.2 Å². The average Bonchev–Trinajstić information content (AvgIpc) is 2.98. The maximum Gasteiger partial charge on any atom is 0.433 e. The molecule has 13 heteroatoms. The van der Waals surface area contributed by atoms with Crippen LogP contribution in [0.3, 0.4) is 0 Å². The number of nitrogens with zero attached hydrogens (tertiary/aromatic N) is 4. The lowest BCUT2D eigenvalue weighted by molar-refractivity contribution is -0.142. The SMILES string of the molecule is Cc1cc(C(F)(F)F)n2nc(S(=O)(=O)Nc3c(C)ccc(Cl)c3Cl)nc2n1. The van der Waals surface area contributed by atoms with Crippen LogP contribution in [-0.2, 0) is 16.2 Å². The summed E-state index contributed by atoms with van der Waals surface area (Å²) in [4.78, 5) is 7.40. The van der Waals surface area contributed by atoms with E-state index in [2.05, 4.69) is 19.8 Å². The van der Waals surface area contributed by atoms with Crippen molar-refractivity contribution in [2.45, 2.75) is 25.2 Å². The molecule has 0 amide bonds. The summed E-state index contributed by atoms with van der Waals surface area (Å²) in [6.45, 7) is 2.90. The smallest absolute Gasteiger partial charge is 0.275 e. The second-order valence-corrected chi connectivity index (χ2v) is 7.91. The summed E-state index contributed by atoms with van der Waals surface area (Å²) in [5, 5.41) is 2.61. The molecule has 0 aliphatic carbocycles. The van der Waals surface area contributed by atoms with Gasteiger partial charge in [0, 0.05) is 5.69 Å². The van der Waals surface area contributed by atoms with Gasteiger partial charge in [-0.1, -0.05) is 29.3 Å². The number of sulfonamides is 1. The van der Waals surface area contributed by atoms with Gasteiger partial charge in [-0.15, -0.1) is 5.10 Å². The molecule has 0 fully saturated rings. The Balaban J connectivity index is 2.14. The summed E-state index contributed by atoms with van der Waals surface area (Å²) in [6, 6.07) is 3.74. The molecule has 144 valence electrons. The van der Waals surface area contributed by atoms with E-state index < -0.39 is 32.8 Å². The van der Waals surface area contributed by atoms with Crippen molar-refractivity contribution >= 4 is 44.7 Å². The summed E-state index contributed by atoms with van der Waals surface area (Å²) >= 11 is 11.9. The monoisotopic (exact) mass is 439 g/mol. The van der Waals surface area contributed by atoms with Crippen LogP contribution in [0.2, 0.25) is 10.0 Å². The zero-order valence-corrected chi connectivity index (χ0v) is 16.0. The first-order valence-corrected chi connectivity index (χ1v) is 9.43. The Bertz CT molecular complexity index is 1160. The number of nitrogens with one attached hydrogen (secondary N) is 1. The summed E-state index contributed by atoms with van der Waals surface area (Å²) in [5.74, 6) is -0.503. The molecule has 0 atom stereocenters. The molecule has 7 nitrogen and oxygen atoms in total. The van der Waals surface area contributed by atoms with Crippen molar-refractivity contribution < 1.29 is 21.6 Å². The molecule has 0 bridgehead atoms. The molecule has 0 aliphatic rings. The standard InChI is InChI=1S/C14H10Cl2F3N5O2S/c1-6-3-4-8(15)10(16)11(6)23-27(25,26)13-21-12-20-7(2)5-9(14(17,18)19)24(12)22-13/h3-5,23H,1-2H3. The second-order valence-electron chi connectivity index (χ2n) is 5.55. The number of hydrogen-bond acceptors (Lipinski definition) is 5. The first kappa shape index (κ1) is 19.6. The molecule has 3 rings (SSSR count). The highest BCUT2D eigenvalue weighted by Crippen LogP contribution is 2.34. The van der Waals surface area contributed by atoms with Gasteiger partial charge in [-0.25, -0.2) is 4.98 Å². The van der Waals surface area contributed by atoms with Crippen molar-refractivity contribution in [3.8, 4) is 0 Å². The Labute approximate surface area is 161 Å². The first-order chi connectivity index (χ1) is 12.4. The normalized spacial score (nSPS) is 12.6. The highest BCUT2D eigenvalue weighted by atomic mass is 35.5. The van der Waals surface area contributed by atoms with E-state index >= 15 is 0 Å². The van der Waals surface area contributed by atoms with Crippen molar-refractivity contribution in [2.75, 3.05) is 4.72 Å². The first-order valence-electron chi connectivity index (χ1n) is 7.19. The molecule has 0 unspecified atom stereocenters. The van der Waals surface area contributed by atoms with Crippen LogP contribution in [0.5, 0.6) is 0 Å². The zero-order chi connectivity index (χ0) is 20.1. The van der Waals surface area contributed by atoms with E-state index in [1.807, 2.05) is 0 Å². The van der Waals surface area contributed by atoms with E-state index in [0.717, 1.165) is 6.07 Å². The molecule has 0 radical (unpaired) electrons. The molecule has 1 aromatic carbocycles. The number of hydrogen-bond donors (Lipinski definition) is 1. The van der Waals surface area contributed by atoms with Gasteiger partial charge >= 0.3 is 6.18 Å². The summed E-state index contributed by atoms with van der Waals surface area (Å²) in [5.41, 5.74) is -0.770. The van der Waals surface area contributed by atoms with E-state index in [-0.39, 0.29) is 21.4 Å². The topological polar surface area (TPSA) is 89.3 Å². The molecule has 0 saturated carbocycles. The number of rotatable bonds is 3. The van der Waals surface area contributed by atoms with Gasteiger partial charge < -0.3 is 0 Å². The molecule has 27 heavy (non-hydrogen) atoms. The highest BCUT2D eigenvalue weighted by Gasteiger charge is 2.36. The number of benzene rings is 1. The Kier molecular flexibility index (Phi) is 4.73. The minimum atomic E-state index is -4.78. The number of aromatic nitrogens is 4. The quantitative estimate of drug-likeness (QED) is 0.668. The van der Waals surface area contributed by atoms with E-state index in [4.69, 9.17) is 23.2 Å². The average molecular weight is 440 g/mol. The van der Waals surface area contributed by atoms with Crippen molar-refractivity contribution in [1.82, 2.24) is 19.6 Å². The number of fused-ring (bicyclic) bond motifs is 1. The Morgan fingerprint density at radius 3 is 2.44 bits per heavy atom. The van der Waals surface area contributed by atoms with Gasteiger partial charge in [-0.2, -0.15) is 31.1 Å². The van der Waals surface area contributed by atoms with E-state index in [0.29, 0.717) is 10.1 Å². The molecule has 1 N–H and O–H groups in total. The van der Waals surface area contributed by atoms with Gasteiger partial charge in [0.1, 0.15) is 0 Å². The Hall–Kier alpha value is -2.11. The van der Waals surface area contributed by atoms with Crippen LogP contribution in [-0.4, -0.2) is 28.0 Å². The zero-order valence-electron chi connectivity index (χ0n) is 13.6. The van der Waals surface area contributed by atoms with E-state index in [1.165, 1.54) is 19.1 Å². The summed E-state index contributed by atoms with van der Waals surface area (Å²) in [6.07, 6.45) is -4.78. The fraction of sp³-hybridized carbons (Fsp3) is 0.214. The summed E-state index contributed by atoms with van der Waals surface area (Å²) < 4.78 is 67.2. The predicted octanol–water partition coefficient (Wildman–Crippen LogP) is 3.87. The largest absolute Gasteiger partial charge is 0.433 e. The van der Waals surface area contributed by atoms with E-state index in [1.54, 1.807) is 6.92 Å². The van der Waals surface area contributed by atoms with Crippen LogP contribution in [0, 0.1) is 13.8 Å². The Morgan fingerprint density at radius 1 is 1.15 bits per heavy atom. The fourth-order valence-corrected chi connectivity index (χ4v) is 3.72. The van der Waals surface area contributed by atoms with Crippen molar-refractivity contribution in [3.05, 3.63) is 45.2 Å². The predicted molar refractivity (Wildman–Crippen MR) is 92.5 cm³/mol. The number of alkyl halides is 3. The lowest BCUT2D eigenvalue weighted by Crippen LogP contribution is -2.17. The van der Waals surface area contributed by atoms with Crippen LogP contribution in [0.25, 0.3) is 5.78 Å². The minimum Gasteiger partial charge on any atom is -0.275 e. The molecular formula is C14H10Cl2F3N5O2S. The minimum absolute atomic E-state index is 0.00728. The Morgan fingerprint density at radius 2 is 1.81 bits per heavy atom. The van der Waals surface area contributed by atoms with Gasteiger partial charge in [-0.05, 0) is 31.5 Å². The van der Waals surface area contributed by atoms with Crippen LogP contribution in [0.1, 0.15) is 17.0 Å². The molecule has 3 aromatic rings. The third-order valence-electron chi connectivity index (χ3n) is 3.49. The van der Waals surface area contributed by atoms with Gasteiger partial charge in [-0.3, -0.25) is 4.72 Å². The van der Waals surface area contributed by atoms with Crippen LogP contribution in [0.4, 0.5) is 18.9 Å². The van der Waals surface area contributed by atoms with Gasteiger partial charge in [0.25, 0.3) is 21.0 Å². The number of aryl methyl sites for hydroxylation is 2. The summed E-state index contributed by atoms with van der Waals surface area (Å²) in [7, 11) is -4.46. The van der Waals surface area contributed by atoms with Crippen LogP contribution < -0.4 is 4.72 Å². The lowest BCUT2D eigenvalue weighted by Gasteiger charge is -2.11. The third kappa shape index (κ3) is 3.66. The molecule has 2 aromatic heterocycles. The van der Waals surface area contributed by atoms with Crippen LogP contribution in [0.15, 0.2) is 23.4 Å². The van der Waals surface area contributed by atoms with Crippen molar-refractivity contribution in [1.29, 1.82) is 0 Å². The van der Waals surface area contributed by atoms with Gasteiger partial charge in [0.15, 0.2) is 5.69 Å². The maximum absolute atomic E-state index is 13.2. The number of halogens is 5. The van der Waals surface area contributed by atoms with Gasteiger partial charge in [0.2, 0.25) is 0 Å².